The minimum atomic E-state index is -1.44. The van der Waals surface area contributed by atoms with Gasteiger partial charge in [-0.3, -0.25) is 0 Å². The molecule has 0 spiro atoms. The highest BCUT2D eigenvalue weighted by Crippen LogP contribution is 2.39. The molecule has 21 heavy (non-hydrogen) atoms. The Hall–Kier alpha value is -2.00. The second-order valence-corrected chi connectivity index (χ2v) is 4.79. The number of rotatable bonds is 3. The van der Waals surface area contributed by atoms with Gasteiger partial charge in [-0.15, -0.1) is 4.84 Å². The van der Waals surface area contributed by atoms with Crippen LogP contribution in [-0.2, 0) is 15.4 Å². The van der Waals surface area contributed by atoms with Gasteiger partial charge in [0.2, 0.25) is 0 Å². The van der Waals surface area contributed by atoms with Crippen molar-refractivity contribution < 1.29 is 14.7 Å². The van der Waals surface area contributed by atoms with Crippen molar-refractivity contribution in [2.24, 2.45) is 11.7 Å². The lowest BCUT2D eigenvalue weighted by molar-refractivity contribution is -1.25. The lowest BCUT2D eigenvalue weighted by Crippen LogP contribution is -2.59. The van der Waals surface area contributed by atoms with E-state index in [2.05, 4.69) is 0 Å². The van der Waals surface area contributed by atoms with Crippen molar-refractivity contribution in [1.82, 2.24) is 0 Å². The molecule has 4 N–H and O–H groups in total. The Labute approximate surface area is 121 Å². The molecule has 110 valence electrons. The summed E-state index contributed by atoms with van der Waals surface area (Å²) in [5.74, 6) is 11.2. The van der Waals surface area contributed by atoms with E-state index in [4.69, 9.17) is 21.4 Å². The fourth-order valence-electron chi connectivity index (χ4n) is 2.30. The van der Waals surface area contributed by atoms with Gasteiger partial charge in [0, 0.05) is 11.3 Å². The molecule has 1 fully saturated rings. The van der Waals surface area contributed by atoms with Crippen molar-refractivity contribution in [2.45, 2.75) is 5.72 Å². The molecule has 0 aromatic heterocycles. The molecular formula is C14H16N4O3. The van der Waals surface area contributed by atoms with Crippen LogP contribution in [-0.4, -0.2) is 11.6 Å². The molecule has 2 aromatic rings. The number of hydrogen-bond acceptors (Lipinski definition) is 6. The van der Waals surface area contributed by atoms with E-state index in [-0.39, 0.29) is 6.61 Å². The van der Waals surface area contributed by atoms with Crippen LogP contribution in [0, 0.1) is 5.21 Å². The molecule has 1 aliphatic heterocycles. The zero-order chi connectivity index (χ0) is 14.9. The lowest BCUT2D eigenvalue weighted by atomic mass is 10.0. The van der Waals surface area contributed by atoms with Gasteiger partial charge >= 0.3 is 0 Å². The molecule has 1 atom stereocenters. The molecule has 0 saturated carbocycles. The standard InChI is InChI=1S/C14H16N4O3/c15-18(16)20-11-14(21-18,12-7-3-1-4-8-12)17(19)13-9-5-2-6-10-13/h1-10H,11,15-16H2. The van der Waals surface area contributed by atoms with Crippen molar-refractivity contribution in [3.05, 3.63) is 71.4 Å². The van der Waals surface area contributed by atoms with Crippen LogP contribution in [0.25, 0.3) is 0 Å². The first-order valence-electron chi connectivity index (χ1n) is 6.43. The van der Waals surface area contributed by atoms with Crippen molar-refractivity contribution in [3.63, 3.8) is 0 Å². The molecule has 2 aromatic carbocycles. The molecule has 1 saturated heterocycles. The molecule has 0 radical (unpaired) electrons. The van der Waals surface area contributed by atoms with Gasteiger partial charge in [0.25, 0.3) is 5.72 Å². The Morgan fingerprint density at radius 3 is 2.10 bits per heavy atom. The third-order valence-corrected chi connectivity index (χ3v) is 3.30. The number of hydrogen-bond donors (Lipinski definition) is 2. The monoisotopic (exact) mass is 288 g/mol. The van der Waals surface area contributed by atoms with Crippen molar-refractivity contribution in [3.8, 4) is 0 Å². The zero-order valence-corrected chi connectivity index (χ0v) is 11.3. The summed E-state index contributed by atoms with van der Waals surface area (Å²) in [5.41, 5.74) is -0.404. The fraction of sp³-hybridized carbons (Fsp3) is 0.143. The largest absolute Gasteiger partial charge is 0.756 e. The van der Waals surface area contributed by atoms with Crippen molar-refractivity contribution in [1.29, 1.82) is 0 Å². The van der Waals surface area contributed by atoms with Gasteiger partial charge in [0.1, 0.15) is 5.03 Å². The Morgan fingerprint density at radius 2 is 1.57 bits per heavy atom. The van der Waals surface area contributed by atoms with E-state index in [0.29, 0.717) is 11.3 Å². The van der Waals surface area contributed by atoms with Crippen LogP contribution in [0.3, 0.4) is 0 Å². The highest BCUT2D eigenvalue weighted by molar-refractivity contribution is 5.51. The minimum Gasteiger partial charge on any atom is -0.756 e. The molecule has 1 heterocycles. The summed E-state index contributed by atoms with van der Waals surface area (Å²) in [6.07, 6.45) is 0. The first-order valence-corrected chi connectivity index (χ1v) is 6.43. The minimum absolute atomic E-state index is 0.0948. The van der Waals surface area contributed by atoms with Crippen LogP contribution < -0.4 is 16.7 Å². The summed E-state index contributed by atoms with van der Waals surface area (Å²) in [4.78, 5) is 10.7. The average Bonchev–Trinajstić information content (AvgIpc) is 2.85. The summed E-state index contributed by atoms with van der Waals surface area (Å²) in [5, 5.41) is 12.4. The van der Waals surface area contributed by atoms with Crippen LogP contribution in [0.1, 0.15) is 5.56 Å². The predicted octanol–water partition coefficient (Wildman–Crippen LogP) is 1.28. The predicted molar refractivity (Wildman–Crippen MR) is 76.1 cm³/mol. The van der Waals surface area contributed by atoms with Gasteiger partial charge in [-0.25, -0.2) is 0 Å². The van der Waals surface area contributed by atoms with Gasteiger partial charge in [-0.05, 0) is 12.1 Å². The molecule has 0 aliphatic carbocycles. The highest BCUT2D eigenvalue weighted by atomic mass is 17.1. The molecule has 0 amide bonds. The number of anilines is 1. The normalized spacial score (nSPS) is 24.0. The summed E-state index contributed by atoms with van der Waals surface area (Å²) in [6.45, 7) is -0.0948. The van der Waals surface area contributed by atoms with E-state index in [1.54, 1.807) is 48.5 Å². The molecule has 1 aliphatic rings. The Balaban J connectivity index is 2.06. The summed E-state index contributed by atoms with van der Waals surface area (Å²) in [6, 6.07) is 17.7. The number of benzene rings is 2. The number of quaternary nitrogens is 1. The SMILES string of the molecule is N[N+]1(N)OCC(c2ccccc2)(N([O-])c2ccccc2)O1. The molecule has 1 unspecified atom stereocenters. The lowest BCUT2D eigenvalue weighted by Gasteiger charge is -2.43. The average molecular weight is 288 g/mol. The van der Waals surface area contributed by atoms with Gasteiger partial charge in [-0.1, -0.05) is 65.1 Å². The maximum Gasteiger partial charge on any atom is 0.254 e. The van der Waals surface area contributed by atoms with Gasteiger partial charge < -0.3 is 10.3 Å². The van der Waals surface area contributed by atoms with E-state index in [9.17, 15) is 5.21 Å². The Kier molecular flexibility index (Phi) is 3.38. The number of para-hydroxylation sites is 1. The topological polar surface area (TPSA) is 96.8 Å². The molecule has 7 nitrogen and oxygen atoms in total. The maximum atomic E-state index is 12.8. The first kappa shape index (κ1) is 14.0. The molecule has 0 bridgehead atoms. The molecular weight excluding hydrogens is 272 g/mol. The van der Waals surface area contributed by atoms with Crippen LogP contribution in [0.4, 0.5) is 5.69 Å². The van der Waals surface area contributed by atoms with E-state index in [1.807, 2.05) is 12.1 Å². The number of nitrogens with zero attached hydrogens (tertiary/aromatic N) is 2. The van der Waals surface area contributed by atoms with Crippen LogP contribution in [0.2, 0.25) is 0 Å². The van der Waals surface area contributed by atoms with Gasteiger partial charge in [0.05, 0.1) is 0 Å². The summed E-state index contributed by atoms with van der Waals surface area (Å²) < 4.78 is 0. The third kappa shape index (κ3) is 2.49. The van der Waals surface area contributed by atoms with Crippen molar-refractivity contribution >= 4 is 5.69 Å². The van der Waals surface area contributed by atoms with Crippen molar-refractivity contribution in [2.75, 3.05) is 11.7 Å². The van der Waals surface area contributed by atoms with E-state index < -0.39 is 10.8 Å². The first-order chi connectivity index (χ1) is 10.0. The highest BCUT2D eigenvalue weighted by Gasteiger charge is 2.54. The quantitative estimate of drug-likeness (QED) is 0.502. The van der Waals surface area contributed by atoms with E-state index in [1.165, 1.54) is 0 Å². The maximum absolute atomic E-state index is 12.8. The fourth-order valence-corrected chi connectivity index (χ4v) is 2.30. The number of hydroxylamine groups is 1. The van der Waals surface area contributed by atoms with Crippen LogP contribution >= 0.6 is 0 Å². The van der Waals surface area contributed by atoms with E-state index in [0.717, 1.165) is 5.06 Å². The molecule has 3 rings (SSSR count). The summed E-state index contributed by atoms with van der Waals surface area (Å²) >= 11 is 0. The number of nitrogens with two attached hydrogens (primary N) is 2. The second kappa shape index (κ2) is 5.08. The zero-order valence-electron chi connectivity index (χ0n) is 11.3. The van der Waals surface area contributed by atoms with Crippen LogP contribution in [0.15, 0.2) is 60.7 Å². The second-order valence-electron chi connectivity index (χ2n) is 4.79. The van der Waals surface area contributed by atoms with Gasteiger partial charge in [-0.2, -0.15) is 0 Å². The Morgan fingerprint density at radius 1 is 1.00 bits per heavy atom. The third-order valence-electron chi connectivity index (χ3n) is 3.30. The van der Waals surface area contributed by atoms with E-state index >= 15 is 0 Å². The summed E-state index contributed by atoms with van der Waals surface area (Å²) in [7, 11) is 0. The Bertz CT molecular complexity index is 608. The van der Waals surface area contributed by atoms with Gasteiger partial charge in [0.15, 0.2) is 6.61 Å². The molecule has 7 heteroatoms. The smallest absolute Gasteiger partial charge is 0.254 e. The van der Waals surface area contributed by atoms with Crippen LogP contribution in [0.5, 0.6) is 0 Å².